The van der Waals surface area contributed by atoms with Gasteiger partial charge in [0.1, 0.15) is 12.6 Å². The molecule has 1 saturated heterocycles. The summed E-state index contributed by atoms with van der Waals surface area (Å²) in [6.45, 7) is 5.60. The van der Waals surface area contributed by atoms with Crippen LogP contribution in [0.25, 0.3) is 0 Å². The molecule has 0 unspecified atom stereocenters. The van der Waals surface area contributed by atoms with Crippen LogP contribution in [0, 0.1) is 11.3 Å². The topological polar surface area (TPSA) is 88.4 Å². The van der Waals surface area contributed by atoms with Crippen molar-refractivity contribution < 1.29 is 30.9 Å². The molecule has 1 fully saturated rings. The summed E-state index contributed by atoms with van der Waals surface area (Å²) in [4.78, 5) is -0.537. The molecule has 0 bridgehead atoms. The molecule has 26 heavy (non-hydrogen) atoms. The predicted octanol–water partition coefficient (Wildman–Crippen LogP) is 1.70. The molecule has 0 aromatic heterocycles. The maximum Gasteiger partial charge on any atom is 0.494 e. The van der Waals surface area contributed by atoms with Gasteiger partial charge < -0.3 is 9.31 Å². The lowest BCUT2D eigenvalue weighted by molar-refractivity contribution is -0.121. The maximum absolute atomic E-state index is 12.3. The van der Waals surface area contributed by atoms with Gasteiger partial charge in [-0.05, 0) is 45.3 Å². The number of sulfonamides is 1. The van der Waals surface area contributed by atoms with Crippen molar-refractivity contribution in [3.05, 3.63) is 23.8 Å². The Labute approximate surface area is 150 Å². The second-order valence-electron chi connectivity index (χ2n) is 6.90. The lowest BCUT2D eigenvalue weighted by atomic mass is 9.78. The molecule has 0 spiro atoms. The van der Waals surface area contributed by atoms with Crippen LogP contribution in [0.5, 0.6) is 0 Å². The second kappa shape index (κ2) is 6.53. The second-order valence-corrected chi connectivity index (χ2v) is 8.63. The van der Waals surface area contributed by atoms with E-state index < -0.39 is 46.0 Å². The quantitative estimate of drug-likeness (QED) is 0.791. The monoisotopic (exact) mass is 390 g/mol. The van der Waals surface area contributed by atoms with E-state index in [2.05, 4.69) is 0 Å². The summed E-state index contributed by atoms with van der Waals surface area (Å²) in [6.07, 6.45) is -4.71. The molecule has 0 saturated carbocycles. The van der Waals surface area contributed by atoms with Gasteiger partial charge >= 0.3 is 13.3 Å². The van der Waals surface area contributed by atoms with Crippen molar-refractivity contribution in [1.29, 1.82) is 5.26 Å². The zero-order chi connectivity index (χ0) is 20.0. The van der Waals surface area contributed by atoms with E-state index in [1.807, 2.05) is 27.7 Å². The van der Waals surface area contributed by atoms with Gasteiger partial charge in [0.05, 0.1) is 21.7 Å². The van der Waals surface area contributed by atoms with Gasteiger partial charge in [0.25, 0.3) is 0 Å². The van der Waals surface area contributed by atoms with Gasteiger partial charge in [-0.2, -0.15) is 18.4 Å². The third-order valence-corrected chi connectivity index (χ3v) is 5.86. The number of rotatable bonds is 4. The van der Waals surface area contributed by atoms with Crippen molar-refractivity contribution in [2.24, 2.45) is 0 Å². The highest BCUT2D eigenvalue weighted by atomic mass is 32.2. The van der Waals surface area contributed by atoms with E-state index in [0.717, 1.165) is 6.07 Å². The van der Waals surface area contributed by atoms with Crippen LogP contribution in [0.2, 0.25) is 0 Å². The van der Waals surface area contributed by atoms with E-state index in [9.17, 15) is 26.9 Å². The lowest BCUT2D eigenvalue weighted by Gasteiger charge is -2.32. The number of halogens is 3. The van der Waals surface area contributed by atoms with Gasteiger partial charge in [-0.3, -0.25) is 0 Å². The molecule has 0 radical (unpaired) electrons. The van der Waals surface area contributed by atoms with Gasteiger partial charge in [0, 0.05) is 0 Å². The number of hydrogen-bond donors (Lipinski definition) is 1. The maximum atomic E-state index is 12.3. The summed E-state index contributed by atoms with van der Waals surface area (Å²) in [7, 11) is -5.32. The molecule has 1 heterocycles. The zero-order valence-electron chi connectivity index (χ0n) is 14.6. The van der Waals surface area contributed by atoms with Crippen molar-refractivity contribution in [2.75, 3.05) is 6.54 Å². The first-order valence-corrected chi connectivity index (χ1v) is 9.13. The van der Waals surface area contributed by atoms with E-state index in [0.29, 0.717) is 5.46 Å². The predicted molar refractivity (Wildman–Crippen MR) is 88.1 cm³/mol. The fourth-order valence-electron chi connectivity index (χ4n) is 2.25. The summed E-state index contributed by atoms with van der Waals surface area (Å²) in [6, 6.07) is 5.35. The molecule has 11 heteroatoms. The molecule has 0 atom stereocenters. The molecule has 1 N–H and O–H groups in total. The van der Waals surface area contributed by atoms with E-state index in [-0.39, 0.29) is 5.56 Å². The standard InChI is InChI=1S/C15H18BF3N2O4S/c1-13(2)14(3,4)25-16(24-13)11-5-6-12(10(7-11)8-20)26(22,23)21-9-15(17,18)19/h5-7,21H,9H2,1-4H3. The molecule has 142 valence electrons. The third kappa shape index (κ3) is 4.20. The first-order valence-electron chi connectivity index (χ1n) is 7.65. The van der Waals surface area contributed by atoms with Gasteiger partial charge in [-0.1, -0.05) is 6.07 Å². The number of hydrogen-bond acceptors (Lipinski definition) is 5. The average Bonchev–Trinajstić information content (AvgIpc) is 2.72. The molecule has 1 aliphatic heterocycles. The van der Waals surface area contributed by atoms with Gasteiger partial charge in [-0.25, -0.2) is 13.1 Å². The van der Waals surface area contributed by atoms with Crippen molar-refractivity contribution in [3.63, 3.8) is 0 Å². The number of nitrogens with one attached hydrogen (secondary N) is 1. The minimum Gasteiger partial charge on any atom is -0.399 e. The van der Waals surface area contributed by atoms with E-state index >= 15 is 0 Å². The van der Waals surface area contributed by atoms with Crippen LogP contribution in [0.4, 0.5) is 13.2 Å². The molecule has 1 aromatic carbocycles. The Bertz CT molecular complexity index is 831. The summed E-state index contributed by atoms with van der Waals surface area (Å²) < 4.78 is 74.0. The average molecular weight is 390 g/mol. The van der Waals surface area contributed by atoms with E-state index in [1.54, 1.807) is 6.07 Å². The van der Waals surface area contributed by atoms with Crippen LogP contribution in [0.1, 0.15) is 33.3 Å². The third-order valence-electron chi connectivity index (χ3n) is 4.40. The van der Waals surface area contributed by atoms with Crippen LogP contribution >= 0.6 is 0 Å². The van der Waals surface area contributed by atoms with Crippen LogP contribution in [-0.2, 0) is 19.3 Å². The highest BCUT2D eigenvalue weighted by molar-refractivity contribution is 7.89. The fraction of sp³-hybridized carbons (Fsp3) is 0.533. The first kappa shape index (κ1) is 20.7. The van der Waals surface area contributed by atoms with E-state index in [1.165, 1.54) is 16.9 Å². The van der Waals surface area contributed by atoms with Crippen LogP contribution in [-0.4, -0.2) is 39.5 Å². The van der Waals surface area contributed by atoms with E-state index in [4.69, 9.17) is 9.31 Å². The lowest BCUT2D eigenvalue weighted by Crippen LogP contribution is -2.41. The number of benzene rings is 1. The molecule has 1 aliphatic rings. The number of nitrogens with zero attached hydrogens (tertiary/aromatic N) is 1. The van der Waals surface area contributed by atoms with Gasteiger partial charge in [0.2, 0.25) is 10.0 Å². The molecule has 1 aromatic rings. The zero-order valence-corrected chi connectivity index (χ0v) is 15.5. The Morgan fingerprint density at radius 1 is 1.19 bits per heavy atom. The number of alkyl halides is 3. The Hall–Kier alpha value is -1.61. The largest absolute Gasteiger partial charge is 0.494 e. The van der Waals surface area contributed by atoms with Gasteiger partial charge in [0.15, 0.2) is 0 Å². The van der Waals surface area contributed by atoms with Crippen molar-refractivity contribution in [2.45, 2.75) is 50.0 Å². The SMILES string of the molecule is CC1(C)OB(c2ccc(S(=O)(=O)NCC(F)(F)F)c(C#N)c2)OC1(C)C. The highest BCUT2D eigenvalue weighted by Gasteiger charge is 2.51. The molecular weight excluding hydrogens is 372 g/mol. The van der Waals surface area contributed by atoms with Crippen molar-refractivity contribution in [3.8, 4) is 6.07 Å². The normalized spacial score (nSPS) is 19.4. The molecule has 0 aliphatic carbocycles. The minimum atomic E-state index is -4.71. The molecular formula is C15H18BF3N2O4S. The Morgan fingerprint density at radius 2 is 1.73 bits per heavy atom. The number of nitriles is 1. The highest BCUT2D eigenvalue weighted by Crippen LogP contribution is 2.36. The first-order chi connectivity index (χ1) is 11.7. The van der Waals surface area contributed by atoms with Crippen molar-refractivity contribution in [1.82, 2.24) is 4.72 Å². The van der Waals surface area contributed by atoms with Crippen LogP contribution in [0.15, 0.2) is 23.1 Å². The Kier molecular flexibility index (Phi) is 5.20. The Balaban J connectivity index is 2.33. The summed E-state index contributed by atoms with van der Waals surface area (Å²) in [5, 5.41) is 9.24. The molecule has 2 rings (SSSR count). The van der Waals surface area contributed by atoms with Crippen LogP contribution in [0.3, 0.4) is 0 Å². The minimum absolute atomic E-state index is 0.299. The Morgan fingerprint density at radius 3 is 2.19 bits per heavy atom. The van der Waals surface area contributed by atoms with Gasteiger partial charge in [-0.15, -0.1) is 0 Å². The smallest absolute Gasteiger partial charge is 0.399 e. The summed E-state index contributed by atoms with van der Waals surface area (Å²) in [5.74, 6) is 0. The fourth-order valence-corrected chi connectivity index (χ4v) is 3.40. The van der Waals surface area contributed by atoms with Crippen LogP contribution < -0.4 is 10.2 Å². The van der Waals surface area contributed by atoms with Crippen molar-refractivity contribution >= 4 is 22.6 Å². The summed E-state index contributed by atoms with van der Waals surface area (Å²) >= 11 is 0. The summed E-state index contributed by atoms with van der Waals surface area (Å²) in [5.41, 5.74) is -1.17. The molecule has 0 amide bonds. The molecule has 6 nitrogen and oxygen atoms in total.